The van der Waals surface area contributed by atoms with Crippen LogP contribution in [0.1, 0.15) is 33.3 Å². The van der Waals surface area contributed by atoms with E-state index in [4.69, 9.17) is 18.8 Å². The average molecular weight is 296 g/mol. The van der Waals surface area contributed by atoms with Crippen molar-refractivity contribution in [1.82, 2.24) is 0 Å². The monoisotopic (exact) mass is 296 g/mol. The van der Waals surface area contributed by atoms with Crippen LogP contribution in [0.4, 0.5) is 4.39 Å². The fourth-order valence-electron chi connectivity index (χ4n) is 2.11. The Bertz CT molecular complexity index is 515. The van der Waals surface area contributed by atoms with Crippen LogP contribution < -0.4 is 10.2 Å². The number of ether oxygens (including phenoxy) is 2. The Kier molecular flexibility index (Phi) is 4.33. The van der Waals surface area contributed by atoms with Crippen molar-refractivity contribution >= 4 is 12.6 Å². The quantitative estimate of drug-likeness (QED) is 0.631. The van der Waals surface area contributed by atoms with Gasteiger partial charge in [-0.1, -0.05) is 6.07 Å². The molecule has 1 aliphatic rings. The van der Waals surface area contributed by atoms with Crippen LogP contribution in [0.5, 0.6) is 5.75 Å². The van der Waals surface area contributed by atoms with Crippen LogP contribution in [0.15, 0.2) is 12.1 Å². The van der Waals surface area contributed by atoms with Crippen LogP contribution in [-0.2, 0) is 14.0 Å². The second kappa shape index (κ2) is 5.59. The lowest BCUT2D eigenvalue weighted by molar-refractivity contribution is 0.00578. The summed E-state index contributed by atoms with van der Waals surface area (Å²) >= 11 is 0. The van der Waals surface area contributed by atoms with Gasteiger partial charge in [0.2, 0.25) is 0 Å². The summed E-state index contributed by atoms with van der Waals surface area (Å²) < 4.78 is 36.7. The second-order valence-electron chi connectivity index (χ2n) is 6.25. The summed E-state index contributed by atoms with van der Waals surface area (Å²) in [6, 6.07) is 3.37. The summed E-state index contributed by atoms with van der Waals surface area (Å²) in [7, 11) is 0.709. The highest BCUT2D eigenvalue weighted by atomic mass is 19.1. The highest BCUT2D eigenvalue weighted by Gasteiger charge is 2.53. The molecule has 1 aromatic rings. The molecule has 0 aliphatic carbocycles. The summed E-state index contributed by atoms with van der Waals surface area (Å²) in [5.74, 6) is 0.000512. The van der Waals surface area contributed by atoms with Crippen LogP contribution in [0.3, 0.4) is 0 Å². The van der Waals surface area contributed by atoms with Gasteiger partial charge in [-0.05, 0) is 46.2 Å². The van der Waals surface area contributed by atoms with Crippen molar-refractivity contribution in [1.29, 1.82) is 0 Å². The predicted octanol–water partition coefficient (Wildman–Crippen LogP) is 2.42. The van der Waals surface area contributed by atoms with E-state index in [0.717, 1.165) is 0 Å². The van der Waals surface area contributed by atoms with Crippen molar-refractivity contribution in [2.24, 2.45) is 0 Å². The lowest BCUT2D eigenvalue weighted by Crippen LogP contribution is -2.41. The zero-order chi connectivity index (χ0) is 15.8. The summed E-state index contributed by atoms with van der Waals surface area (Å²) in [6.45, 7) is 9.44. The molecule has 0 spiro atoms. The SMILES string of the molecule is COCOc1ccc(C)c(F)c1B1OC(C)(C)C(C)(C)O1. The smallest absolute Gasteiger partial charge is 0.468 e. The maximum atomic E-state index is 14.6. The molecule has 6 heteroatoms. The van der Waals surface area contributed by atoms with Crippen LogP contribution in [0.2, 0.25) is 0 Å². The van der Waals surface area contributed by atoms with E-state index in [1.807, 2.05) is 27.7 Å². The fraction of sp³-hybridized carbons (Fsp3) is 0.600. The lowest BCUT2D eigenvalue weighted by Gasteiger charge is -2.32. The van der Waals surface area contributed by atoms with Crippen molar-refractivity contribution in [2.75, 3.05) is 13.9 Å². The van der Waals surface area contributed by atoms with Gasteiger partial charge in [0.25, 0.3) is 0 Å². The van der Waals surface area contributed by atoms with E-state index in [-0.39, 0.29) is 18.1 Å². The Hall–Kier alpha value is -1.11. The van der Waals surface area contributed by atoms with Gasteiger partial charge in [0, 0.05) is 7.11 Å². The Morgan fingerprint density at radius 3 is 2.24 bits per heavy atom. The third-order valence-corrected chi connectivity index (χ3v) is 4.15. The Morgan fingerprint density at radius 1 is 1.14 bits per heavy atom. The van der Waals surface area contributed by atoms with Gasteiger partial charge in [-0.2, -0.15) is 0 Å². The van der Waals surface area contributed by atoms with Gasteiger partial charge in [0.05, 0.1) is 16.7 Å². The molecular formula is C15H22BFO4. The minimum atomic E-state index is -0.804. The standard InChI is InChI=1S/C15H22BFO4/c1-10-7-8-11(19-9-18-6)12(13(10)17)16-20-14(2,3)15(4,5)21-16/h7-8H,9H2,1-6H3. The van der Waals surface area contributed by atoms with Gasteiger partial charge in [-0.3, -0.25) is 0 Å². The normalized spacial score (nSPS) is 19.9. The minimum absolute atomic E-state index is 0.0367. The molecule has 2 rings (SSSR count). The zero-order valence-electron chi connectivity index (χ0n) is 13.5. The Labute approximate surface area is 125 Å². The number of rotatable bonds is 4. The molecule has 0 aromatic heterocycles. The third-order valence-electron chi connectivity index (χ3n) is 4.15. The molecule has 1 aromatic carbocycles. The molecule has 0 amide bonds. The zero-order valence-corrected chi connectivity index (χ0v) is 13.5. The summed E-state index contributed by atoms with van der Waals surface area (Å²) in [5, 5.41) is 0. The number of hydrogen-bond acceptors (Lipinski definition) is 4. The highest BCUT2D eigenvalue weighted by Crippen LogP contribution is 2.37. The topological polar surface area (TPSA) is 36.9 Å². The van der Waals surface area contributed by atoms with Gasteiger partial charge >= 0.3 is 7.12 Å². The summed E-state index contributed by atoms with van der Waals surface area (Å²) in [4.78, 5) is 0. The maximum Gasteiger partial charge on any atom is 0.501 e. The first kappa shape index (κ1) is 16.3. The van der Waals surface area contributed by atoms with Gasteiger partial charge in [-0.25, -0.2) is 4.39 Å². The second-order valence-corrected chi connectivity index (χ2v) is 6.25. The summed E-state index contributed by atoms with van der Waals surface area (Å²) in [5.41, 5.74) is -0.270. The van der Waals surface area contributed by atoms with Crippen molar-refractivity contribution in [3.8, 4) is 5.75 Å². The molecule has 1 heterocycles. The van der Waals surface area contributed by atoms with E-state index in [9.17, 15) is 4.39 Å². The molecule has 0 unspecified atom stereocenters. The van der Waals surface area contributed by atoms with Crippen molar-refractivity contribution in [3.63, 3.8) is 0 Å². The first-order chi connectivity index (χ1) is 9.69. The maximum absolute atomic E-state index is 14.6. The fourth-order valence-corrected chi connectivity index (χ4v) is 2.11. The molecule has 116 valence electrons. The van der Waals surface area contributed by atoms with E-state index < -0.39 is 18.3 Å². The first-order valence-electron chi connectivity index (χ1n) is 6.96. The minimum Gasteiger partial charge on any atom is -0.468 e. The lowest BCUT2D eigenvalue weighted by atomic mass is 9.77. The largest absolute Gasteiger partial charge is 0.501 e. The molecule has 0 radical (unpaired) electrons. The van der Waals surface area contributed by atoms with E-state index in [0.29, 0.717) is 11.3 Å². The molecule has 0 N–H and O–H groups in total. The van der Waals surface area contributed by atoms with E-state index in [2.05, 4.69) is 0 Å². The van der Waals surface area contributed by atoms with Gasteiger partial charge in [0.1, 0.15) is 11.6 Å². The highest BCUT2D eigenvalue weighted by molar-refractivity contribution is 6.63. The van der Waals surface area contributed by atoms with Gasteiger partial charge < -0.3 is 18.8 Å². The molecule has 0 bridgehead atoms. The van der Waals surface area contributed by atoms with Gasteiger partial charge in [0.15, 0.2) is 6.79 Å². The first-order valence-corrected chi connectivity index (χ1v) is 6.96. The number of hydrogen-bond donors (Lipinski definition) is 0. The molecule has 1 saturated heterocycles. The molecule has 0 saturated carbocycles. The third kappa shape index (κ3) is 2.93. The number of halogens is 1. The summed E-state index contributed by atoms with van der Waals surface area (Å²) in [6.07, 6.45) is 0. The Morgan fingerprint density at radius 2 is 1.71 bits per heavy atom. The molecular weight excluding hydrogens is 274 g/mol. The number of benzene rings is 1. The van der Waals surface area contributed by atoms with Crippen LogP contribution in [0.25, 0.3) is 0 Å². The van der Waals surface area contributed by atoms with Crippen LogP contribution in [-0.4, -0.2) is 32.2 Å². The van der Waals surface area contributed by atoms with Crippen molar-refractivity contribution in [2.45, 2.75) is 45.8 Å². The molecule has 0 atom stereocenters. The van der Waals surface area contributed by atoms with Crippen LogP contribution in [0, 0.1) is 12.7 Å². The van der Waals surface area contributed by atoms with Crippen molar-refractivity contribution in [3.05, 3.63) is 23.5 Å². The van der Waals surface area contributed by atoms with Crippen molar-refractivity contribution < 1.29 is 23.2 Å². The molecule has 4 nitrogen and oxygen atoms in total. The molecule has 1 fully saturated rings. The average Bonchev–Trinajstić information content (AvgIpc) is 2.59. The van der Waals surface area contributed by atoms with Gasteiger partial charge in [-0.15, -0.1) is 0 Å². The Balaban J connectivity index is 2.41. The van der Waals surface area contributed by atoms with E-state index >= 15 is 0 Å². The van der Waals surface area contributed by atoms with Crippen LogP contribution >= 0.6 is 0 Å². The number of aryl methyl sites for hydroxylation is 1. The molecule has 1 aliphatic heterocycles. The predicted molar refractivity (Wildman–Crippen MR) is 79.4 cm³/mol. The van der Waals surface area contributed by atoms with E-state index in [1.54, 1.807) is 19.1 Å². The number of methoxy groups -OCH3 is 1. The molecule has 21 heavy (non-hydrogen) atoms. The van der Waals surface area contributed by atoms with E-state index in [1.165, 1.54) is 7.11 Å².